The Bertz CT molecular complexity index is 761. The molecule has 1 unspecified atom stereocenters. The molecule has 2 amide bonds. The molecule has 4 nitrogen and oxygen atoms in total. The minimum atomic E-state index is -0.265. The molecule has 26 heavy (non-hydrogen) atoms. The third-order valence-electron chi connectivity index (χ3n) is 4.76. The van der Waals surface area contributed by atoms with Gasteiger partial charge >= 0.3 is 0 Å². The molecule has 0 aromatic heterocycles. The summed E-state index contributed by atoms with van der Waals surface area (Å²) in [5, 5.41) is 0.675. The molecule has 3 rings (SSSR count). The van der Waals surface area contributed by atoms with Gasteiger partial charge in [-0.25, -0.2) is 0 Å². The Kier molecular flexibility index (Phi) is 5.94. The minimum absolute atomic E-state index is 0.0362. The van der Waals surface area contributed by atoms with Crippen molar-refractivity contribution in [3.05, 3.63) is 70.7 Å². The number of likely N-dealkylation sites (tertiary alicyclic amines) is 1. The zero-order valence-electron chi connectivity index (χ0n) is 14.9. The smallest absolute Gasteiger partial charge is 0.228 e. The van der Waals surface area contributed by atoms with E-state index in [0.717, 1.165) is 11.1 Å². The standard InChI is InChI=1S/C21H23ClN2O2/c1-2-23(13-16-6-4-3-5-7-16)21(26)18-12-20(25)24(15-18)14-17-8-10-19(22)11-9-17/h3-11,18H,2,12-15H2,1H3. The van der Waals surface area contributed by atoms with E-state index in [0.29, 0.717) is 31.2 Å². The van der Waals surface area contributed by atoms with Crippen LogP contribution in [0.2, 0.25) is 5.02 Å². The highest BCUT2D eigenvalue weighted by Gasteiger charge is 2.36. The molecule has 1 atom stereocenters. The van der Waals surface area contributed by atoms with Crippen LogP contribution >= 0.6 is 11.6 Å². The first-order valence-electron chi connectivity index (χ1n) is 8.91. The number of nitrogens with zero attached hydrogens (tertiary/aromatic N) is 2. The van der Waals surface area contributed by atoms with Crippen LogP contribution in [0.5, 0.6) is 0 Å². The highest BCUT2D eigenvalue weighted by Crippen LogP contribution is 2.23. The summed E-state index contributed by atoms with van der Waals surface area (Å²) in [5.74, 6) is -0.171. The van der Waals surface area contributed by atoms with Crippen LogP contribution < -0.4 is 0 Å². The lowest BCUT2D eigenvalue weighted by molar-refractivity contribution is -0.136. The van der Waals surface area contributed by atoms with Crippen molar-refractivity contribution in [1.82, 2.24) is 9.80 Å². The van der Waals surface area contributed by atoms with Crippen molar-refractivity contribution < 1.29 is 9.59 Å². The van der Waals surface area contributed by atoms with Gasteiger partial charge in [-0.3, -0.25) is 9.59 Å². The molecule has 2 aromatic carbocycles. The van der Waals surface area contributed by atoms with Gasteiger partial charge in [-0.1, -0.05) is 54.1 Å². The molecule has 0 spiro atoms. The fraction of sp³-hybridized carbons (Fsp3) is 0.333. The second kappa shape index (κ2) is 8.37. The second-order valence-electron chi connectivity index (χ2n) is 6.64. The highest BCUT2D eigenvalue weighted by atomic mass is 35.5. The van der Waals surface area contributed by atoms with E-state index in [2.05, 4.69) is 0 Å². The monoisotopic (exact) mass is 370 g/mol. The third kappa shape index (κ3) is 4.44. The van der Waals surface area contributed by atoms with Gasteiger partial charge < -0.3 is 9.80 Å². The third-order valence-corrected chi connectivity index (χ3v) is 5.01. The van der Waals surface area contributed by atoms with Gasteiger partial charge in [-0.15, -0.1) is 0 Å². The topological polar surface area (TPSA) is 40.6 Å². The second-order valence-corrected chi connectivity index (χ2v) is 7.08. The van der Waals surface area contributed by atoms with Crippen LogP contribution in [-0.2, 0) is 22.7 Å². The maximum atomic E-state index is 12.9. The Morgan fingerprint density at radius 3 is 2.46 bits per heavy atom. The first-order valence-corrected chi connectivity index (χ1v) is 9.29. The van der Waals surface area contributed by atoms with Gasteiger partial charge in [-0.2, -0.15) is 0 Å². The van der Waals surface area contributed by atoms with Gasteiger partial charge in [0.15, 0.2) is 0 Å². The maximum absolute atomic E-state index is 12.9. The Hall–Kier alpha value is -2.33. The lowest BCUT2D eigenvalue weighted by Crippen LogP contribution is -2.36. The fourth-order valence-electron chi connectivity index (χ4n) is 3.31. The molecule has 0 radical (unpaired) electrons. The van der Waals surface area contributed by atoms with Gasteiger partial charge in [-0.05, 0) is 30.2 Å². The first-order chi connectivity index (χ1) is 12.6. The minimum Gasteiger partial charge on any atom is -0.338 e. The Balaban J connectivity index is 1.62. The van der Waals surface area contributed by atoms with Gasteiger partial charge in [0.1, 0.15) is 0 Å². The quantitative estimate of drug-likeness (QED) is 0.777. The molecule has 2 aromatic rings. The predicted molar refractivity (Wildman–Crippen MR) is 103 cm³/mol. The van der Waals surface area contributed by atoms with Crippen molar-refractivity contribution in [1.29, 1.82) is 0 Å². The summed E-state index contributed by atoms with van der Waals surface area (Å²) in [6.45, 7) is 4.19. The molecular weight excluding hydrogens is 348 g/mol. The molecule has 0 bridgehead atoms. The molecule has 0 aliphatic carbocycles. The molecule has 1 heterocycles. The van der Waals surface area contributed by atoms with Crippen LogP contribution in [0.4, 0.5) is 0 Å². The number of carbonyl (C=O) groups is 2. The lowest BCUT2D eigenvalue weighted by Gasteiger charge is -2.24. The van der Waals surface area contributed by atoms with E-state index in [4.69, 9.17) is 11.6 Å². The van der Waals surface area contributed by atoms with Crippen molar-refractivity contribution in [3.63, 3.8) is 0 Å². The van der Waals surface area contributed by atoms with E-state index >= 15 is 0 Å². The molecule has 0 N–H and O–H groups in total. The number of amides is 2. The van der Waals surface area contributed by atoms with Gasteiger partial charge in [0.2, 0.25) is 11.8 Å². The van der Waals surface area contributed by atoms with Crippen molar-refractivity contribution in [3.8, 4) is 0 Å². The van der Waals surface area contributed by atoms with E-state index in [1.54, 1.807) is 4.90 Å². The van der Waals surface area contributed by atoms with Crippen LogP contribution in [0.1, 0.15) is 24.5 Å². The zero-order chi connectivity index (χ0) is 18.5. The Morgan fingerprint density at radius 2 is 1.81 bits per heavy atom. The summed E-state index contributed by atoms with van der Waals surface area (Å²) < 4.78 is 0. The zero-order valence-corrected chi connectivity index (χ0v) is 15.7. The Morgan fingerprint density at radius 1 is 1.12 bits per heavy atom. The predicted octanol–water partition coefficient (Wildman–Crippen LogP) is 3.74. The van der Waals surface area contributed by atoms with E-state index in [-0.39, 0.29) is 24.2 Å². The van der Waals surface area contributed by atoms with Crippen molar-refractivity contribution in [2.24, 2.45) is 5.92 Å². The summed E-state index contributed by atoms with van der Waals surface area (Å²) in [4.78, 5) is 28.9. The maximum Gasteiger partial charge on any atom is 0.228 e. The van der Waals surface area contributed by atoms with Gasteiger partial charge in [0, 0.05) is 37.6 Å². The van der Waals surface area contributed by atoms with Crippen molar-refractivity contribution >= 4 is 23.4 Å². The van der Waals surface area contributed by atoms with Crippen molar-refractivity contribution in [2.45, 2.75) is 26.4 Å². The summed E-state index contributed by atoms with van der Waals surface area (Å²) in [5.41, 5.74) is 2.12. The summed E-state index contributed by atoms with van der Waals surface area (Å²) >= 11 is 5.91. The number of halogens is 1. The normalized spacial score (nSPS) is 16.8. The average molecular weight is 371 g/mol. The largest absolute Gasteiger partial charge is 0.338 e. The molecule has 0 saturated carbocycles. The fourth-order valence-corrected chi connectivity index (χ4v) is 3.43. The SMILES string of the molecule is CCN(Cc1ccccc1)C(=O)C1CC(=O)N(Cc2ccc(Cl)cc2)C1. The van der Waals surface area contributed by atoms with Crippen LogP contribution in [0.25, 0.3) is 0 Å². The highest BCUT2D eigenvalue weighted by molar-refractivity contribution is 6.30. The number of benzene rings is 2. The van der Waals surface area contributed by atoms with E-state index in [1.165, 1.54) is 0 Å². The molecule has 1 aliphatic rings. The summed E-state index contributed by atoms with van der Waals surface area (Å²) in [6.07, 6.45) is 0.289. The molecular formula is C21H23ClN2O2. The summed E-state index contributed by atoms with van der Waals surface area (Å²) in [6, 6.07) is 17.4. The number of hydrogen-bond donors (Lipinski definition) is 0. The molecule has 5 heteroatoms. The van der Waals surface area contributed by atoms with Crippen LogP contribution in [0.3, 0.4) is 0 Å². The van der Waals surface area contributed by atoms with Gasteiger partial charge in [0.25, 0.3) is 0 Å². The van der Waals surface area contributed by atoms with Gasteiger partial charge in [0.05, 0.1) is 5.92 Å². The Labute approximate surface area is 159 Å². The van der Waals surface area contributed by atoms with E-state index in [1.807, 2.05) is 66.4 Å². The lowest BCUT2D eigenvalue weighted by atomic mass is 10.1. The molecule has 136 valence electrons. The average Bonchev–Trinajstić information content (AvgIpc) is 3.02. The number of rotatable bonds is 6. The van der Waals surface area contributed by atoms with Crippen LogP contribution in [0, 0.1) is 5.92 Å². The molecule has 1 saturated heterocycles. The summed E-state index contributed by atoms with van der Waals surface area (Å²) in [7, 11) is 0. The molecule has 1 aliphatic heterocycles. The number of carbonyl (C=O) groups excluding carboxylic acids is 2. The van der Waals surface area contributed by atoms with Crippen LogP contribution in [-0.4, -0.2) is 34.7 Å². The number of hydrogen-bond acceptors (Lipinski definition) is 2. The molecule has 1 fully saturated rings. The van der Waals surface area contributed by atoms with Crippen LogP contribution in [0.15, 0.2) is 54.6 Å². The first kappa shape index (κ1) is 18.5. The van der Waals surface area contributed by atoms with E-state index < -0.39 is 0 Å². The van der Waals surface area contributed by atoms with Crippen molar-refractivity contribution in [2.75, 3.05) is 13.1 Å². The van der Waals surface area contributed by atoms with E-state index in [9.17, 15) is 9.59 Å².